The zero-order valence-electron chi connectivity index (χ0n) is 15.5. The summed E-state index contributed by atoms with van der Waals surface area (Å²) in [6, 6.07) is 15.6. The Bertz CT molecular complexity index is 1090. The normalized spacial score (nSPS) is 11.1. The van der Waals surface area contributed by atoms with Crippen molar-refractivity contribution >= 4 is 33.2 Å². The lowest BCUT2D eigenvalue weighted by atomic mass is 10.2. The summed E-state index contributed by atoms with van der Waals surface area (Å²) in [5, 5.41) is 5.35. The van der Waals surface area contributed by atoms with Crippen molar-refractivity contribution in [1.82, 2.24) is 4.72 Å². The van der Waals surface area contributed by atoms with Crippen molar-refractivity contribution in [3.05, 3.63) is 78.3 Å². The number of carbonyl (C=O) groups excluding carboxylic acids is 2. The summed E-state index contributed by atoms with van der Waals surface area (Å²) in [5.74, 6) is -0.0747. The molecule has 0 spiro atoms. The molecule has 9 heteroatoms. The number of hydrogen-bond acceptors (Lipinski definition) is 5. The smallest absolute Gasteiger partial charge is 0.255 e. The van der Waals surface area contributed by atoms with Crippen LogP contribution in [0.5, 0.6) is 0 Å². The highest BCUT2D eigenvalue weighted by atomic mass is 32.2. The van der Waals surface area contributed by atoms with E-state index in [0.29, 0.717) is 22.7 Å². The number of nitrogens with one attached hydrogen (secondary N) is 3. The Morgan fingerprint density at radius 1 is 0.897 bits per heavy atom. The van der Waals surface area contributed by atoms with Crippen molar-refractivity contribution in [3.63, 3.8) is 0 Å². The van der Waals surface area contributed by atoms with E-state index in [0.717, 1.165) is 0 Å². The van der Waals surface area contributed by atoms with Gasteiger partial charge in [-0.1, -0.05) is 0 Å². The van der Waals surface area contributed by atoms with Crippen LogP contribution < -0.4 is 15.4 Å². The molecule has 8 nitrogen and oxygen atoms in total. The van der Waals surface area contributed by atoms with Gasteiger partial charge in [-0.05, 0) is 60.7 Å². The predicted molar refractivity (Wildman–Crippen MR) is 108 cm³/mol. The Kier molecular flexibility index (Phi) is 6.10. The number of rotatable bonds is 7. The van der Waals surface area contributed by atoms with E-state index < -0.39 is 10.0 Å². The second-order valence-electron chi connectivity index (χ2n) is 6.14. The van der Waals surface area contributed by atoms with Crippen LogP contribution in [0.1, 0.15) is 23.0 Å². The number of anilines is 2. The summed E-state index contributed by atoms with van der Waals surface area (Å²) in [5.41, 5.74) is 1.47. The van der Waals surface area contributed by atoms with E-state index in [1.165, 1.54) is 37.5 Å². The van der Waals surface area contributed by atoms with Gasteiger partial charge in [-0.3, -0.25) is 9.59 Å². The Morgan fingerprint density at radius 2 is 1.52 bits per heavy atom. The lowest BCUT2D eigenvalue weighted by Crippen LogP contribution is -2.23. The van der Waals surface area contributed by atoms with Crippen LogP contribution >= 0.6 is 0 Å². The monoisotopic (exact) mass is 413 g/mol. The Hall–Kier alpha value is -3.43. The first-order chi connectivity index (χ1) is 13.8. The second kappa shape index (κ2) is 8.72. The van der Waals surface area contributed by atoms with Gasteiger partial charge in [-0.15, -0.1) is 0 Å². The summed E-state index contributed by atoms with van der Waals surface area (Å²) >= 11 is 0. The second-order valence-corrected chi connectivity index (χ2v) is 7.91. The zero-order valence-corrected chi connectivity index (χ0v) is 16.3. The molecule has 3 N–H and O–H groups in total. The van der Waals surface area contributed by atoms with E-state index in [1.807, 2.05) is 0 Å². The van der Waals surface area contributed by atoms with Gasteiger partial charge in [-0.2, -0.15) is 0 Å². The first kappa shape index (κ1) is 20.3. The first-order valence-corrected chi connectivity index (χ1v) is 10.1. The third kappa shape index (κ3) is 5.53. The number of sulfonamides is 1. The molecule has 0 aliphatic carbocycles. The van der Waals surface area contributed by atoms with E-state index in [9.17, 15) is 18.0 Å². The Labute approximate surface area is 168 Å². The van der Waals surface area contributed by atoms with Crippen molar-refractivity contribution in [3.8, 4) is 0 Å². The van der Waals surface area contributed by atoms with E-state index >= 15 is 0 Å². The SMILES string of the molecule is CC(=O)Nc1ccc(NC(=O)c2ccc(S(=O)(=O)NCc3ccco3)cc2)cc1. The fourth-order valence-corrected chi connectivity index (χ4v) is 3.48. The average Bonchev–Trinajstić information content (AvgIpc) is 3.21. The van der Waals surface area contributed by atoms with E-state index in [1.54, 1.807) is 36.4 Å². The third-order valence-electron chi connectivity index (χ3n) is 3.91. The van der Waals surface area contributed by atoms with Crippen molar-refractivity contribution in [1.29, 1.82) is 0 Å². The molecule has 1 aromatic heterocycles. The minimum absolute atomic E-state index is 0.0338. The van der Waals surface area contributed by atoms with Gasteiger partial charge in [0, 0.05) is 23.9 Å². The maximum absolute atomic E-state index is 12.4. The van der Waals surface area contributed by atoms with Crippen molar-refractivity contribution in [2.75, 3.05) is 10.6 Å². The molecule has 2 aromatic carbocycles. The summed E-state index contributed by atoms with van der Waals surface area (Å²) < 4.78 is 32.2. The van der Waals surface area contributed by atoms with Gasteiger partial charge < -0.3 is 15.1 Å². The van der Waals surface area contributed by atoms with Crippen LogP contribution in [0.4, 0.5) is 11.4 Å². The van der Waals surface area contributed by atoms with Crippen molar-refractivity contribution in [2.24, 2.45) is 0 Å². The number of furan rings is 1. The molecule has 3 rings (SSSR count). The van der Waals surface area contributed by atoms with Gasteiger partial charge in [0.15, 0.2) is 0 Å². The summed E-state index contributed by atoms with van der Waals surface area (Å²) in [4.78, 5) is 23.4. The van der Waals surface area contributed by atoms with Crippen LogP contribution in [0.3, 0.4) is 0 Å². The highest BCUT2D eigenvalue weighted by Crippen LogP contribution is 2.16. The number of benzene rings is 2. The van der Waals surface area contributed by atoms with Crippen molar-refractivity contribution < 1.29 is 22.4 Å². The van der Waals surface area contributed by atoms with Crippen LogP contribution in [-0.4, -0.2) is 20.2 Å². The van der Waals surface area contributed by atoms with Gasteiger partial charge in [0.2, 0.25) is 15.9 Å². The fraction of sp³-hybridized carbons (Fsp3) is 0.100. The summed E-state index contributed by atoms with van der Waals surface area (Å²) in [7, 11) is -3.73. The van der Waals surface area contributed by atoms with Crippen LogP contribution in [0.25, 0.3) is 0 Å². The topological polar surface area (TPSA) is 118 Å². The molecule has 2 amide bonds. The lowest BCUT2D eigenvalue weighted by molar-refractivity contribution is -0.114. The van der Waals surface area contributed by atoms with E-state index in [4.69, 9.17) is 4.42 Å². The summed E-state index contributed by atoms with van der Waals surface area (Å²) in [6.07, 6.45) is 1.46. The van der Waals surface area contributed by atoms with Crippen molar-refractivity contribution in [2.45, 2.75) is 18.4 Å². The standard InChI is InChI=1S/C20H19N3O5S/c1-14(24)22-16-6-8-17(9-7-16)23-20(25)15-4-10-19(11-5-15)29(26,27)21-13-18-3-2-12-28-18/h2-12,21H,13H2,1H3,(H,22,24)(H,23,25). The minimum atomic E-state index is -3.73. The van der Waals surface area contributed by atoms with E-state index in [2.05, 4.69) is 15.4 Å². The van der Waals surface area contributed by atoms with Crippen LogP contribution in [0.2, 0.25) is 0 Å². The largest absolute Gasteiger partial charge is 0.468 e. The molecule has 0 atom stereocenters. The number of amides is 2. The molecule has 29 heavy (non-hydrogen) atoms. The Balaban J connectivity index is 1.63. The molecule has 150 valence electrons. The molecule has 0 radical (unpaired) electrons. The highest BCUT2D eigenvalue weighted by Gasteiger charge is 2.15. The van der Waals surface area contributed by atoms with Crippen LogP contribution in [-0.2, 0) is 21.4 Å². The molecule has 0 saturated carbocycles. The number of carbonyl (C=O) groups is 2. The maximum Gasteiger partial charge on any atom is 0.255 e. The molecule has 3 aromatic rings. The quantitative estimate of drug-likeness (QED) is 0.550. The van der Waals surface area contributed by atoms with Gasteiger partial charge in [0.25, 0.3) is 5.91 Å². The molecule has 0 unspecified atom stereocenters. The maximum atomic E-state index is 12.4. The van der Waals surface area contributed by atoms with Gasteiger partial charge in [0.1, 0.15) is 5.76 Å². The first-order valence-electron chi connectivity index (χ1n) is 8.64. The molecular formula is C20H19N3O5S. The molecule has 0 fully saturated rings. The van der Waals surface area contributed by atoms with Gasteiger partial charge >= 0.3 is 0 Å². The molecular weight excluding hydrogens is 394 g/mol. The van der Waals surface area contributed by atoms with Crippen LogP contribution in [0.15, 0.2) is 76.2 Å². The van der Waals surface area contributed by atoms with Gasteiger partial charge in [-0.25, -0.2) is 13.1 Å². The van der Waals surface area contributed by atoms with Crippen LogP contribution in [0, 0.1) is 0 Å². The highest BCUT2D eigenvalue weighted by molar-refractivity contribution is 7.89. The fourth-order valence-electron chi connectivity index (χ4n) is 2.49. The molecule has 0 bridgehead atoms. The zero-order chi connectivity index (χ0) is 20.9. The molecule has 0 aliphatic rings. The summed E-state index contributed by atoms with van der Waals surface area (Å²) in [6.45, 7) is 1.44. The van der Waals surface area contributed by atoms with Gasteiger partial charge in [0.05, 0.1) is 17.7 Å². The van der Waals surface area contributed by atoms with E-state index in [-0.39, 0.29) is 23.3 Å². The predicted octanol–water partition coefficient (Wildman–Crippen LogP) is 2.97. The molecule has 1 heterocycles. The minimum Gasteiger partial charge on any atom is -0.468 e. The Morgan fingerprint density at radius 3 is 2.07 bits per heavy atom. The average molecular weight is 413 g/mol. The molecule has 0 saturated heterocycles. The number of hydrogen-bond donors (Lipinski definition) is 3. The molecule has 0 aliphatic heterocycles. The lowest BCUT2D eigenvalue weighted by Gasteiger charge is -2.08. The third-order valence-corrected chi connectivity index (χ3v) is 5.32.